The van der Waals surface area contributed by atoms with E-state index in [4.69, 9.17) is 28.3 Å². The number of quaternary nitrogens is 1. The molecule has 0 saturated carbocycles. The average Bonchev–Trinajstić information content (AvgIpc) is 1.67. The van der Waals surface area contributed by atoms with Crippen LogP contribution in [0.25, 0.3) is 21.8 Å². The number of aromatic amines is 2. The minimum Gasteiger partial charge on any atom is -0.508 e. The zero-order valence-corrected chi connectivity index (χ0v) is 67.1. The fourth-order valence-corrected chi connectivity index (χ4v) is 12.8. The summed E-state index contributed by atoms with van der Waals surface area (Å²) < 4.78 is 0.775. The van der Waals surface area contributed by atoms with Crippen LogP contribution in [0.3, 0.4) is 0 Å². The van der Waals surface area contributed by atoms with Crippen molar-refractivity contribution < 1.29 is 81.8 Å². The number of benzene rings is 3. The lowest BCUT2D eigenvalue weighted by Gasteiger charge is -2.34. The number of imidazole rings is 1. The molecule has 0 saturated heterocycles. The predicted octanol–water partition coefficient (Wildman–Crippen LogP) is -3.30. The van der Waals surface area contributed by atoms with Crippen LogP contribution in [-0.4, -0.2) is 241 Å². The number of carbonyl (C=O) groups excluding carboxylic acids is 14. The minimum absolute atomic E-state index is 0.0466. The van der Waals surface area contributed by atoms with Crippen LogP contribution in [0.5, 0.6) is 5.75 Å². The van der Waals surface area contributed by atoms with Crippen LogP contribution in [0, 0.1) is 24.2 Å². The molecule has 117 heavy (non-hydrogen) atoms. The molecule has 6 rings (SSSR count). The van der Waals surface area contributed by atoms with Gasteiger partial charge in [0.05, 0.1) is 62.9 Å². The van der Waals surface area contributed by atoms with Crippen molar-refractivity contribution in [2.45, 2.75) is 185 Å². The van der Waals surface area contributed by atoms with Gasteiger partial charge < -0.3 is 107 Å². The van der Waals surface area contributed by atoms with Gasteiger partial charge in [-0.1, -0.05) is 69.7 Å². The van der Waals surface area contributed by atoms with Gasteiger partial charge in [-0.05, 0) is 106 Å². The van der Waals surface area contributed by atoms with Crippen molar-refractivity contribution in [3.63, 3.8) is 0 Å². The summed E-state index contributed by atoms with van der Waals surface area (Å²) >= 11 is 0. The van der Waals surface area contributed by atoms with Gasteiger partial charge in [0.25, 0.3) is 5.56 Å². The van der Waals surface area contributed by atoms with E-state index in [0.717, 1.165) is 15.0 Å². The molecule has 3 aromatic carbocycles. The summed E-state index contributed by atoms with van der Waals surface area (Å²) in [5.74, 6) is -14.1. The number of aromatic hydroxyl groups is 1. The van der Waals surface area contributed by atoms with Gasteiger partial charge in [-0.3, -0.25) is 76.8 Å². The van der Waals surface area contributed by atoms with E-state index in [2.05, 4.69) is 78.4 Å². The van der Waals surface area contributed by atoms with Crippen LogP contribution in [-0.2, 0) is 88.1 Å². The summed E-state index contributed by atoms with van der Waals surface area (Å²) in [7, 11) is 5.98. The van der Waals surface area contributed by atoms with Crippen LogP contribution in [0.1, 0.15) is 108 Å². The van der Waals surface area contributed by atoms with E-state index in [1.165, 1.54) is 70.9 Å². The number of nitrogens with zero attached hydrogens (tertiary/aromatic N) is 5. The molecular weight excluding hydrogens is 1520 g/mol. The number of aromatic nitrogens is 5. The maximum atomic E-state index is 15.0. The molecule has 6 aromatic rings. The Kier molecular flexibility index (Phi) is 34.6. The molecule has 0 fully saturated rings. The molecule has 11 atom stereocenters. The van der Waals surface area contributed by atoms with Crippen LogP contribution >= 0.6 is 0 Å². The first-order valence-corrected chi connectivity index (χ1v) is 38.1. The van der Waals surface area contributed by atoms with E-state index >= 15 is 9.59 Å². The Labute approximate surface area is 674 Å². The Balaban J connectivity index is 1.27. The summed E-state index contributed by atoms with van der Waals surface area (Å²) in [6.07, 6.45) is 1.15. The summed E-state index contributed by atoms with van der Waals surface area (Å²) in [6, 6.07) is 0.735. The molecule has 15 amide bonds. The number of aryl methyl sites for hydroxylation is 1. The largest absolute Gasteiger partial charge is 0.508 e. The highest BCUT2D eigenvalue weighted by molar-refractivity contribution is 6.01. The number of aliphatic hydroxyl groups is 1. The van der Waals surface area contributed by atoms with E-state index in [1.807, 2.05) is 0 Å². The normalized spacial score (nSPS) is 14.2. The number of carbonyl (C=O) groups is 14. The number of hydrogen-bond donors (Lipinski definition) is 20. The number of phenolic OH excluding ortho intramolecular Hbond substituents is 1. The molecule has 0 spiro atoms. The molecule has 3 heterocycles. The number of primary amides is 3. The van der Waals surface area contributed by atoms with Crippen molar-refractivity contribution in [1.82, 2.24) is 87.9 Å². The van der Waals surface area contributed by atoms with Gasteiger partial charge in [-0.25, -0.2) is 19.6 Å². The highest BCUT2D eigenvalue weighted by atomic mass is 16.3. The van der Waals surface area contributed by atoms with Crippen molar-refractivity contribution in [2.75, 3.05) is 41.3 Å². The van der Waals surface area contributed by atoms with Crippen molar-refractivity contribution in [3.8, 4) is 5.75 Å². The number of para-hydroxylation sites is 1. The number of hydrogen-bond acceptors (Lipinski definition) is 20. The van der Waals surface area contributed by atoms with Gasteiger partial charge in [0, 0.05) is 69.1 Å². The third-order valence-corrected chi connectivity index (χ3v) is 19.0. The summed E-state index contributed by atoms with van der Waals surface area (Å²) in [4.78, 5) is 226. The Morgan fingerprint density at radius 2 is 1.15 bits per heavy atom. The minimum atomic E-state index is -1.90. The number of nitrogens with two attached hydrogens (primary N) is 4. The SMILES string of the molecule is Cc1ccc2ncn(CC(=O)N[C@@H](CCCNC(N)=O)C(=O)NC(Cc3c[nH]cn3)C(=O)N[C@@H](Cc3ccc(O)cc3)C(=O)NC(CC(C)C)C(=O)N[C@@H](CC(N)=O)C(=O)NC(Cc3c[nH]c4ccccc34)C(=O)N[C@H](C(=O)N[C@H](C(=O)N[C@@H](CCCNC(=N)N)C(=O)N(C)C(CCC(N)=O)C(=O)[N+](C)(C)C)[C@@H](C)O)C(C)C)c(=O)c2c1. The monoisotopic (exact) mass is 1630 g/mol. The lowest BCUT2D eigenvalue weighted by atomic mass is 9.99. The molecule has 0 aliphatic carbocycles. The second-order valence-corrected chi connectivity index (χ2v) is 30.4. The Bertz CT molecular complexity index is 4600. The zero-order chi connectivity index (χ0) is 86.7. The second-order valence-electron chi connectivity index (χ2n) is 30.4. The van der Waals surface area contributed by atoms with Gasteiger partial charge in [0.2, 0.25) is 70.9 Å². The number of H-pyrrole nitrogens is 2. The first kappa shape index (κ1) is 93.0. The summed E-state index contributed by atoms with van der Waals surface area (Å²) in [5.41, 5.74) is 24.3. The van der Waals surface area contributed by atoms with Gasteiger partial charge in [-0.15, -0.1) is 0 Å². The molecule has 3 aromatic heterocycles. The summed E-state index contributed by atoms with van der Waals surface area (Å²) in [5, 5.41) is 58.3. The van der Waals surface area contributed by atoms with Crippen molar-refractivity contribution >= 4 is 111 Å². The third kappa shape index (κ3) is 28.9. The highest BCUT2D eigenvalue weighted by Crippen LogP contribution is 2.22. The Morgan fingerprint density at radius 3 is 1.74 bits per heavy atom. The zero-order valence-electron chi connectivity index (χ0n) is 67.1. The number of fused-ring (bicyclic) bond motifs is 2. The van der Waals surface area contributed by atoms with Crippen molar-refractivity contribution in [3.05, 3.63) is 125 Å². The fourth-order valence-electron chi connectivity index (χ4n) is 12.8. The molecule has 40 nitrogen and oxygen atoms in total. The van der Waals surface area contributed by atoms with E-state index in [1.54, 1.807) is 90.6 Å². The van der Waals surface area contributed by atoms with Crippen LogP contribution in [0.15, 0.2) is 96.6 Å². The van der Waals surface area contributed by atoms with Gasteiger partial charge in [0.15, 0.2) is 5.96 Å². The van der Waals surface area contributed by atoms with Crippen LogP contribution in [0.4, 0.5) is 4.79 Å². The number of aliphatic hydroxyl groups excluding tert-OH is 1. The first-order chi connectivity index (χ1) is 55.1. The molecule has 0 bridgehead atoms. The van der Waals surface area contributed by atoms with E-state index < -0.39 is 180 Å². The van der Waals surface area contributed by atoms with Crippen molar-refractivity contribution in [2.24, 2.45) is 34.8 Å². The van der Waals surface area contributed by atoms with E-state index in [-0.39, 0.29) is 105 Å². The van der Waals surface area contributed by atoms with Gasteiger partial charge in [-0.2, -0.15) is 0 Å². The fraction of sp³-hybridized carbons (Fsp3) is 0.481. The van der Waals surface area contributed by atoms with Crippen LogP contribution < -0.4 is 87.0 Å². The highest BCUT2D eigenvalue weighted by Gasteiger charge is 2.42. The second kappa shape index (κ2) is 43.6. The third-order valence-electron chi connectivity index (χ3n) is 19.0. The molecular formula is C77H110N23O17+. The summed E-state index contributed by atoms with van der Waals surface area (Å²) in [6.45, 7) is 8.83. The Morgan fingerprint density at radius 1 is 0.598 bits per heavy atom. The predicted molar refractivity (Wildman–Crippen MR) is 428 cm³/mol. The Hall–Kier alpha value is -12.9. The molecule has 24 N–H and O–H groups in total. The lowest BCUT2D eigenvalue weighted by Crippen LogP contribution is -2.63. The number of rotatable bonds is 45. The van der Waals surface area contributed by atoms with E-state index in [0.29, 0.717) is 27.5 Å². The molecule has 0 aliphatic heterocycles. The number of nitrogens with one attached hydrogen (secondary N) is 14. The molecule has 0 radical (unpaired) electrons. The lowest BCUT2D eigenvalue weighted by molar-refractivity contribution is -0.793. The molecule has 4 unspecified atom stereocenters. The topological polar surface area (TPSA) is 622 Å². The number of amides is 15. The van der Waals surface area contributed by atoms with Crippen LogP contribution in [0.2, 0.25) is 0 Å². The standard InChI is InChI=1S/C77H109N23O17/c1-40(2)29-54(91-67(108)55(31-44-20-22-47(102)23-21-44)92-68(109)57(33-46-36-83-38-87-46)94-65(106)52(17-13-28-85-77(82)117)89-62(105)37-99-39-88-51-24-19-42(5)30-49(51)73(99)114)66(107)95-58(34-61(79)104)69(110)93-56(32-45-35-86-50-16-12-11-15-48(45)50)70(111)96-63(41(3)4)71(112)97-64(43(6)101)72(113)90-53(18-14-27-84-76(80)81)74(115)98(7)59(25-26-60(78)103)75(116)100(8,9)10/h11-12,15-16,19-24,30,35-36,38-41,43,52-59,63-64,86,101H,13-14,17-18,25-29,31-34,37H2,1-10H3,(H21-,78,79,80,81,82,83,84,85,87,89,90,91,92,93,94,95,96,97,102,103,104,105,106,107,108,109,110,111,112,113,117)/p+1/t43-,52+,53+,54?,55+,56?,57?,58+,59?,63+,64+/m1/s1. The molecule has 40 heteroatoms. The first-order valence-electron chi connectivity index (χ1n) is 38.1. The average molecular weight is 1630 g/mol. The molecule has 634 valence electrons. The number of phenols is 1. The number of urea groups is 1. The van der Waals surface area contributed by atoms with Gasteiger partial charge >= 0.3 is 11.9 Å². The maximum Gasteiger partial charge on any atom is 0.335 e. The van der Waals surface area contributed by atoms with Crippen molar-refractivity contribution in [1.29, 1.82) is 5.41 Å². The molecule has 0 aliphatic rings. The quantitative estimate of drug-likeness (QED) is 0.00771. The number of likely N-dealkylation sites (N-methyl/N-ethyl adjacent to an activating group) is 2. The van der Waals surface area contributed by atoms with E-state index in [9.17, 15) is 72.5 Å². The number of guanidine groups is 1. The smallest absolute Gasteiger partial charge is 0.335 e. The maximum absolute atomic E-state index is 15.0. The van der Waals surface area contributed by atoms with Gasteiger partial charge in [0.1, 0.15) is 72.7 Å².